The number of carbonyl (C=O) groups excluding carboxylic acids is 2. The van der Waals surface area contributed by atoms with Gasteiger partial charge in [-0.1, -0.05) is 6.07 Å². The number of hydrogen-bond donors (Lipinski definition) is 0. The monoisotopic (exact) mass is 457 g/mol. The van der Waals surface area contributed by atoms with Gasteiger partial charge in [-0.05, 0) is 74.1 Å². The lowest BCUT2D eigenvalue weighted by Crippen LogP contribution is -2.41. The summed E-state index contributed by atoms with van der Waals surface area (Å²) in [6, 6.07) is 7.09. The molecule has 0 unspecified atom stereocenters. The van der Waals surface area contributed by atoms with E-state index in [1.54, 1.807) is 7.11 Å². The van der Waals surface area contributed by atoms with Gasteiger partial charge in [-0.15, -0.1) is 0 Å². The Morgan fingerprint density at radius 1 is 1.00 bits per heavy atom. The Bertz CT molecular complexity index is 822. The molecule has 2 fully saturated rings. The van der Waals surface area contributed by atoms with Crippen molar-refractivity contribution in [1.82, 2.24) is 9.80 Å². The van der Waals surface area contributed by atoms with Gasteiger partial charge in [-0.2, -0.15) is 0 Å². The maximum absolute atomic E-state index is 13.3. The minimum atomic E-state index is -0.120. The maximum atomic E-state index is 13.3. The molecule has 0 radical (unpaired) electrons. The van der Waals surface area contributed by atoms with Crippen molar-refractivity contribution in [2.75, 3.05) is 58.5 Å². The van der Waals surface area contributed by atoms with E-state index in [1.807, 2.05) is 4.90 Å². The van der Waals surface area contributed by atoms with Gasteiger partial charge in [-0.3, -0.25) is 9.69 Å². The highest BCUT2D eigenvalue weighted by Crippen LogP contribution is 2.33. The van der Waals surface area contributed by atoms with Gasteiger partial charge in [0.2, 0.25) is 0 Å². The number of rotatable bonds is 8. The first kappa shape index (κ1) is 24.0. The summed E-state index contributed by atoms with van der Waals surface area (Å²) in [5.74, 6) is 0.452. The lowest BCUT2D eigenvalue weighted by atomic mass is 9.83. The molecule has 0 aromatic heterocycles. The third kappa shape index (κ3) is 5.87. The number of hydrogen-bond acceptors (Lipinski definition) is 5. The molecule has 1 saturated heterocycles. The topological polar surface area (TPSA) is 62.3 Å². The third-order valence-corrected chi connectivity index (χ3v) is 7.79. The van der Waals surface area contributed by atoms with Crippen molar-refractivity contribution in [2.24, 2.45) is 5.92 Å². The Morgan fingerprint density at radius 3 is 2.48 bits per heavy atom. The van der Waals surface area contributed by atoms with Crippen molar-refractivity contribution in [1.29, 1.82) is 0 Å². The zero-order chi connectivity index (χ0) is 23.2. The van der Waals surface area contributed by atoms with Crippen molar-refractivity contribution in [2.45, 2.75) is 57.4 Å². The van der Waals surface area contributed by atoms with Gasteiger partial charge in [-0.25, -0.2) is 4.79 Å². The number of benzene rings is 1. The first-order valence-corrected chi connectivity index (χ1v) is 12.6. The van der Waals surface area contributed by atoms with Crippen molar-refractivity contribution >= 4 is 17.7 Å². The smallest absolute Gasteiger partial charge is 0.324 e. The Hall–Kier alpha value is -2.12. The van der Waals surface area contributed by atoms with Gasteiger partial charge in [0.1, 0.15) is 0 Å². The first-order valence-electron chi connectivity index (χ1n) is 12.6. The summed E-state index contributed by atoms with van der Waals surface area (Å²) in [5.41, 5.74) is 3.83. The second-order valence-electron chi connectivity index (χ2n) is 9.70. The van der Waals surface area contributed by atoms with E-state index < -0.39 is 0 Å². The van der Waals surface area contributed by atoms with Gasteiger partial charge < -0.3 is 19.3 Å². The molecule has 0 bridgehead atoms. The van der Waals surface area contributed by atoms with Crippen LogP contribution in [0, 0.1) is 5.92 Å². The average molecular weight is 458 g/mol. The number of urea groups is 1. The van der Waals surface area contributed by atoms with Gasteiger partial charge in [0.05, 0.1) is 13.7 Å². The van der Waals surface area contributed by atoms with Crippen LogP contribution in [0.3, 0.4) is 0 Å². The number of amides is 2. The van der Waals surface area contributed by atoms with Crippen LogP contribution in [-0.2, 0) is 27.1 Å². The molecule has 182 valence electrons. The summed E-state index contributed by atoms with van der Waals surface area (Å²) in [7, 11) is 3.21. The van der Waals surface area contributed by atoms with E-state index >= 15 is 0 Å². The van der Waals surface area contributed by atoms with Crippen LogP contribution in [0.5, 0.6) is 0 Å². The van der Waals surface area contributed by atoms with Gasteiger partial charge in [0.15, 0.2) is 0 Å². The lowest BCUT2D eigenvalue weighted by molar-refractivity contribution is -0.141. The summed E-state index contributed by atoms with van der Waals surface area (Å²) < 4.78 is 10.0. The number of ether oxygens (including phenoxy) is 2. The van der Waals surface area contributed by atoms with Crippen molar-refractivity contribution in [3.05, 3.63) is 29.3 Å². The van der Waals surface area contributed by atoms with E-state index in [4.69, 9.17) is 9.47 Å². The van der Waals surface area contributed by atoms with Crippen LogP contribution in [-0.4, -0.2) is 81.4 Å². The number of fused-ring (bicyclic) bond motifs is 1. The van der Waals surface area contributed by atoms with Crippen molar-refractivity contribution in [3.8, 4) is 0 Å². The minimum absolute atomic E-state index is 0.120. The summed E-state index contributed by atoms with van der Waals surface area (Å²) >= 11 is 0. The number of anilines is 1. The minimum Gasteiger partial charge on any atom is -0.469 e. The molecule has 1 aromatic carbocycles. The highest BCUT2D eigenvalue weighted by molar-refractivity contribution is 5.94. The Labute approximate surface area is 198 Å². The molecular weight excluding hydrogens is 418 g/mol. The highest BCUT2D eigenvalue weighted by atomic mass is 16.5. The second-order valence-corrected chi connectivity index (χ2v) is 9.70. The van der Waals surface area contributed by atoms with Gasteiger partial charge >= 0.3 is 12.0 Å². The summed E-state index contributed by atoms with van der Waals surface area (Å²) in [6.07, 6.45) is 7.72. The quantitative estimate of drug-likeness (QED) is 0.559. The summed E-state index contributed by atoms with van der Waals surface area (Å²) in [4.78, 5) is 31.3. The molecule has 4 rings (SSSR count). The normalized spacial score (nSPS) is 24.0. The number of nitrogens with zero attached hydrogens (tertiary/aromatic N) is 3. The van der Waals surface area contributed by atoms with Crippen LogP contribution < -0.4 is 4.90 Å². The Kier molecular flexibility index (Phi) is 8.25. The molecule has 2 amide bonds. The van der Waals surface area contributed by atoms with Crippen LogP contribution in [0.25, 0.3) is 0 Å². The van der Waals surface area contributed by atoms with Crippen LogP contribution in [0.2, 0.25) is 0 Å². The van der Waals surface area contributed by atoms with Crippen molar-refractivity contribution < 1.29 is 19.1 Å². The molecule has 3 aliphatic rings. The van der Waals surface area contributed by atoms with E-state index in [9.17, 15) is 9.59 Å². The van der Waals surface area contributed by atoms with E-state index in [1.165, 1.54) is 18.2 Å². The van der Waals surface area contributed by atoms with Crippen LogP contribution in [0.1, 0.15) is 49.7 Å². The Balaban J connectivity index is 1.32. The van der Waals surface area contributed by atoms with Gasteiger partial charge in [0, 0.05) is 58.0 Å². The predicted molar refractivity (Wildman–Crippen MR) is 129 cm³/mol. The van der Waals surface area contributed by atoms with E-state index in [-0.39, 0.29) is 12.0 Å². The molecule has 2 heterocycles. The molecule has 2 aliphatic heterocycles. The molecule has 33 heavy (non-hydrogen) atoms. The fourth-order valence-electron chi connectivity index (χ4n) is 5.67. The van der Waals surface area contributed by atoms with Crippen molar-refractivity contribution in [3.63, 3.8) is 0 Å². The molecule has 0 N–H and O–H groups in total. The molecule has 1 aliphatic carbocycles. The molecule has 7 nitrogen and oxygen atoms in total. The summed E-state index contributed by atoms with van der Waals surface area (Å²) in [6.45, 7) is 5.42. The number of esters is 1. The standard InChI is InChI=1S/C26H39N3O4/c1-32-18-17-27-13-11-21-6-9-24(19-22(21)12-14-27)29-16-15-28(26(29)31)23-7-3-20(4-8-23)5-10-25(30)33-2/h6,9,19-20,23H,3-5,7-8,10-18H2,1-2H3. The third-order valence-electron chi connectivity index (χ3n) is 7.79. The van der Waals surface area contributed by atoms with Crippen LogP contribution >= 0.6 is 0 Å². The fraction of sp³-hybridized carbons (Fsp3) is 0.692. The van der Waals surface area contributed by atoms with E-state index in [2.05, 4.69) is 28.0 Å². The Morgan fingerprint density at radius 2 is 1.76 bits per heavy atom. The van der Waals surface area contributed by atoms with Gasteiger partial charge in [0.25, 0.3) is 0 Å². The number of methoxy groups -OCH3 is 2. The largest absolute Gasteiger partial charge is 0.469 e. The predicted octanol–water partition coefficient (Wildman–Crippen LogP) is 3.49. The summed E-state index contributed by atoms with van der Waals surface area (Å²) in [5, 5.41) is 0. The fourth-order valence-corrected chi connectivity index (χ4v) is 5.67. The van der Waals surface area contributed by atoms with E-state index in [0.717, 1.165) is 90.0 Å². The highest BCUT2D eigenvalue weighted by Gasteiger charge is 2.36. The lowest BCUT2D eigenvalue weighted by Gasteiger charge is -2.34. The second kappa shape index (κ2) is 11.3. The zero-order valence-electron chi connectivity index (χ0n) is 20.3. The maximum Gasteiger partial charge on any atom is 0.324 e. The molecule has 7 heteroatoms. The van der Waals surface area contributed by atoms with Crippen LogP contribution in [0.15, 0.2) is 18.2 Å². The molecule has 0 spiro atoms. The molecular formula is C26H39N3O4. The van der Waals surface area contributed by atoms with Crippen LogP contribution in [0.4, 0.5) is 10.5 Å². The molecule has 1 saturated carbocycles. The molecule has 1 aromatic rings. The average Bonchev–Trinajstić information content (AvgIpc) is 3.11. The number of carbonyl (C=O) groups is 2. The first-order chi connectivity index (χ1) is 16.1. The zero-order valence-corrected chi connectivity index (χ0v) is 20.3. The molecule has 0 atom stereocenters. The van der Waals surface area contributed by atoms with E-state index in [0.29, 0.717) is 18.4 Å². The SMILES string of the molecule is COCCN1CCc2ccc(N3CCN(C4CCC(CCC(=O)OC)CC4)C3=O)cc2CC1.